The quantitative estimate of drug-likeness (QED) is 0.785. The lowest BCUT2D eigenvalue weighted by Crippen LogP contribution is -2.53. The first-order valence-corrected chi connectivity index (χ1v) is 6.90. The van der Waals surface area contributed by atoms with Crippen LogP contribution in [0.5, 0.6) is 0 Å². The molecule has 0 aliphatic carbocycles. The highest BCUT2D eigenvalue weighted by Gasteiger charge is 2.34. The lowest BCUT2D eigenvalue weighted by Gasteiger charge is -2.43. The van der Waals surface area contributed by atoms with Gasteiger partial charge in [-0.1, -0.05) is 15.9 Å². The first-order valence-electron chi connectivity index (χ1n) is 5.78. The van der Waals surface area contributed by atoms with Crippen LogP contribution in [0.3, 0.4) is 0 Å². The molecule has 5 heteroatoms. The number of rotatable bonds is 2. The fourth-order valence-corrected chi connectivity index (χ4v) is 2.58. The zero-order valence-electron chi connectivity index (χ0n) is 10.5. The van der Waals surface area contributed by atoms with Gasteiger partial charge in [-0.25, -0.2) is 4.98 Å². The van der Waals surface area contributed by atoms with Crippen molar-refractivity contribution in [3.05, 3.63) is 18.1 Å². The summed E-state index contributed by atoms with van der Waals surface area (Å²) >= 11 is 3.49. The van der Waals surface area contributed by atoms with Gasteiger partial charge in [-0.3, -0.25) is 4.98 Å². The van der Waals surface area contributed by atoms with Crippen molar-refractivity contribution in [3.63, 3.8) is 0 Å². The Bertz CT molecular complexity index is 397. The number of ether oxygens (including phenoxy) is 1. The summed E-state index contributed by atoms with van der Waals surface area (Å²) in [6, 6.07) is 0. The van der Waals surface area contributed by atoms with Crippen molar-refractivity contribution in [2.24, 2.45) is 0 Å². The van der Waals surface area contributed by atoms with E-state index >= 15 is 0 Å². The van der Waals surface area contributed by atoms with E-state index in [4.69, 9.17) is 4.74 Å². The van der Waals surface area contributed by atoms with Crippen molar-refractivity contribution in [1.82, 2.24) is 9.97 Å². The molecule has 0 spiro atoms. The summed E-state index contributed by atoms with van der Waals surface area (Å²) in [7, 11) is 0. The number of nitrogens with zero attached hydrogens (tertiary/aromatic N) is 3. The smallest absolute Gasteiger partial charge is 0.150 e. The van der Waals surface area contributed by atoms with Gasteiger partial charge < -0.3 is 9.64 Å². The van der Waals surface area contributed by atoms with Crippen LogP contribution in [0.25, 0.3) is 0 Å². The van der Waals surface area contributed by atoms with E-state index in [0.717, 1.165) is 29.9 Å². The summed E-state index contributed by atoms with van der Waals surface area (Å²) in [5.41, 5.74) is 0.819. The average Bonchev–Trinajstić information content (AvgIpc) is 2.27. The average molecular weight is 300 g/mol. The molecule has 2 heterocycles. The predicted octanol–water partition coefficient (Wildman–Crippen LogP) is 2.16. The second-order valence-electron chi connectivity index (χ2n) is 5.00. The SMILES string of the molecule is Cc1nccnc1N1CC(CBr)OC(C)(C)C1. The molecule has 0 amide bonds. The van der Waals surface area contributed by atoms with Crippen molar-refractivity contribution in [2.75, 3.05) is 23.3 Å². The number of alkyl halides is 1. The first kappa shape index (κ1) is 12.8. The van der Waals surface area contributed by atoms with Crippen LogP contribution in [0.2, 0.25) is 0 Å². The second kappa shape index (κ2) is 4.90. The fraction of sp³-hybridized carbons (Fsp3) is 0.667. The van der Waals surface area contributed by atoms with Gasteiger partial charge in [0.1, 0.15) is 5.82 Å². The number of aryl methyl sites for hydroxylation is 1. The van der Waals surface area contributed by atoms with Crippen LogP contribution in [0.4, 0.5) is 5.82 Å². The van der Waals surface area contributed by atoms with Crippen LogP contribution in [-0.4, -0.2) is 40.1 Å². The molecule has 17 heavy (non-hydrogen) atoms. The Balaban J connectivity index is 2.24. The Morgan fingerprint density at radius 1 is 1.47 bits per heavy atom. The minimum Gasteiger partial charge on any atom is -0.368 e. The van der Waals surface area contributed by atoms with Gasteiger partial charge in [0, 0.05) is 30.8 Å². The Hall–Kier alpha value is -0.680. The van der Waals surface area contributed by atoms with E-state index in [2.05, 4.69) is 44.6 Å². The van der Waals surface area contributed by atoms with Crippen LogP contribution in [0, 0.1) is 6.92 Å². The number of morpholine rings is 1. The molecule has 94 valence electrons. The molecule has 1 aliphatic rings. The molecule has 0 radical (unpaired) electrons. The Morgan fingerprint density at radius 3 is 2.82 bits per heavy atom. The van der Waals surface area contributed by atoms with Crippen LogP contribution in [0.1, 0.15) is 19.5 Å². The minimum atomic E-state index is -0.152. The molecule has 1 aromatic heterocycles. The number of aromatic nitrogens is 2. The molecule has 1 fully saturated rings. The molecule has 4 nitrogen and oxygen atoms in total. The largest absolute Gasteiger partial charge is 0.368 e. The van der Waals surface area contributed by atoms with Gasteiger partial charge in [0.05, 0.1) is 17.4 Å². The van der Waals surface area contributed by atoms with Gasteiger partial charge in [-0.15, -0.1) is 0 Å². The first-order chi connectivity index (χ1) is 8.02. The summed E-state index contributed by atoms with van der Waals surface area (Å²) in [6.07, 6.45) is 3.67. The molecule has 1 aliphatic heterocycles. The summed E-state index contributed by atoms with van der Waals surface area (Å²) in [4.78, 5) is 11.0. The highest BCUT2D eigenvalue weighted by Crippen LogP contribution is 2.26. The van der Waals surface area contributed by atoms with E-state index in [1.54, 1.807) is 12.4 Å². The van der Waals surface area contributed by atoms with Gasteiger partial charge in [-0.05, 0) is 20.8 Å². The summed E-state index contributed by atoms with van der Waals surface area (Å²) in [5.74, 6) is 0.967. The lowest BCUT2D eigenvalue weighted by atomic mass is 10.1. The third-order valence-electron chi connectivity index (χ3n) is 2.81. The van der Waals surface area contributed by atoms with E-state index < -0.39 is 0 Å². The highest BCUT2D eigenvalue weighted by molar-refractivity contribution is 9.09. The number of anilines is 1. The normalized spacial score (nSPS) is 23.8. The zero-order valence-corrected chi connectivity index (χ0v) is 12.1. The second-order valence-corrected chi connectivity index (χ2v) is 5.65. The number of hydrogen-bond donors (Lipinski definition) is 0. The van der Waals surface area contributed by atoms with Crippen molar-refractivity contribution < 1.29 is 4.74 Å². The molecule has 1 unspecified atom stereocenters. The van der Waals surface area contributed by atoms with Crippen molar-refractivity contribution in [1.29, 1.82) is 0 Å². The van der Waals surface area contributed by atoms with Gasteiger partial charge >= 0.3 is 0 Å². The highest BCUT2D eigenvalue weighted by atomic mass is 79.9. The third kappa shape index (κ3) is 2.96. The van der Waals surface area contributed by atoms with E-state index in [0.29, 0.717) is 0 Å². The van der Waals surface area contributed by atoms with Gasteiger partial charge in [0.25, 0.3) is 0 Å². The van der Waals surface area contributed by atoms with Crippen LogP contribution < -0.4 is 4.90 Å². The molecule has 1 aromatic rings. The molecule has 0 saturated carbocycles. The van der Waals surface area contributed by atoms with Gasteiger partial charge in [0.2, 0.25) is 0 Å². The van der Waals surface area contributed by atoms with Crippen LogP contribution in [0.15, 0.2) is 12.4 Å². The van der Waals surface area contributed by atoms with Crippen molar-refractivity contribution in [2.45, 2.75) is 32.5 Å². The molecule has 0 N–H and O–H groups in total. The standard InChI is InChI=1S/C12H18BrN3O/c1-9-11(15-5-4-14-9)16-7-10(6-13)17-12(2,3)8-16/h4-5,10H,6-8H2,1-3H3. The minimum absolute atomic E-state index is 0.152. The van der Waals surface area contributed by atoms with Gasteiger partial charge in [0.15, 0.2) is 0 Å². The molecule has 2 rings (SSSR count). The molecular formula is C12H18BrN3O. The third-order valence-corrected chi connectivity index (χ3v) is 3.53. The maximum atomic E-state index is 5.98. The summed E-state index contributed by atoms with van der Waals surface area (Å²) in [6.45, 7) is 7.92. The Labute approximate surface area is 111 Å². The summed E-state index contributed by atoms with van der Waals surface area (Å²) < 4.78 is 5.98. The van der Waals surface area contributed by atoms with Crippen molar-refractivity contribution >= 4 is 21.7 Å². The molecule has 0 bridgehead atoms. The maximum Gasteiger partial charge on any atom is 0.150 e. The molecule has 1 saturated heterocycles. The van der Waals surface area contributed by atoms with E-state index in [1.807, 2.05) is 6.92 Å². The monoisotopic (exact) mass is 299 g/mol. The maximum absolute atomic E-state index is 5.98. The number of halogens is 1. The lowest BCUT2D eigenvalue weighted by molar-refractivity contribution is -0.0726. The number of hydrogen-bond acceptors (Lipinski definition) is 4. The van der Waals surface area contributed by atoms with Crippen LogP contribution in [-0.2, 0) is 4.74 Å². The predicted molar refractivity (Wildman–Crippen MR) is 71.7 cm³/mol. The van der Waals surface area contributed by atoms with E-state index in [1.165, 1.54) is 0 Å². The Morgan fingerprint density at radius 2 is 2.18 bits per heavy atom. The zero-order chi connectivity index (χ0) is 12.5. The summed E-state index contributed by atoms with van der Waals surface area (Å²) in [5, 5.41) is 0.840. The van der Waals surface area contributed by atoms with E-state index in [-0.39, 0.29) is 11.7 Å². The van der Waals surface area contributed by atoms with E-state index in [9.17, 15) is 0 Å². The van der Waals surface area contributed by atoms with Gasteiger partial charge in [-0.2, -0.15) is 0 Å². The Kier molecular flexibility index (Phi) is 3.68. The molecule has 0 aromatic carbocycles. The molecule has 1 atom stereocenters. The fourth-order valence-electron chi connectivity index (χ4n) is 2.25. The topological polar surface area (TPSA) is 38.2 Å². The molecular weight excluding hydrogens is 282 g/mol. The van der Waals surface area contributed by atoms with Crippen molar-refractivity contribution in [3.8, 4) is 0 Å². The van der Waals surface area contributed by atoms with Crippen LogP contribution >= 0.6 is 15.9 Å².